The molecule has 1 unspecified atom stereocenters. The summed E-state index contributed by atoms with van der Waals surface area (Å²) in [6.45, 7) is 4.29. The Kier molecular flexibility index (Phi) is 6.17. The molecule has 80 valence electrons. The molecule has 0 amide bonds. The van der Waals surface area contributed by atoms with Crippen LogP contribution in [-0.4, -0.2) is 0 Å². The highest BCUT2D eigenvalue weighted by Gasteiger charge is 2.14. The van der Waals surface area contributed by atoms with Gasteiger partial charge in [0.1, 0.15) is 0 Å². The molecule has 0 aromatic heterocycles. The first-order valence-electron chi connectivity index (χ1n) is 4.66. The first kappa shape index (κ1) is 13.8. The summed E-state index contributed by atoms with van der Waals surface area (Å²) >= 11 is 6.04. The molecule has 2 atom stereocenters. The number of benzene rings is 1. The predicted molar refractivity (Wildman–Crippen MR) is 65.1 cm³/mol. The van der Waals surface area contributed by atoms with Gasteiger partial charge in [0.05, 0.1) is 0 Å². The van der Waals surface area contributed by atoms with E-state index in [1.165, 1.54) is 0 Å². The minimum atomic E-state index is 0. The summed E-state index contributed by atoms with van der Waals surface area (Å²) in [5.41, 5.74) is 7.12. The fraction of sp³-hybridized carbons (Fsp3) is 0.455. The average molecular weight is 234 g/mol. The Bertz CT molecular complexity index is 276. The molecule has 1 rings (SSSR count). The molecular weight excluding hydrogens is 217 g/mol. The van der Waals surface area contributed by atoms with E-state index in [4.69, 9.17) is 17.3 Å². The van der Waals surface area contributed by atoms with Crippen LogP contribution in [0, 0.1) is 5.92 Å². The highest BCUT2D eigenvalue weighted by Crippen LogP contribution is 2.27. The molecule has 1 aromatic rings. The molecule has 0 radical (unpaired) electrons. The molecular formula is C11H17Cl2N. The van der Waals surface area contributed by atoms with Crippen molar-refractivity contribution in [2.24, 2.45) is 11.7 Å². The van der Waals surface area contributed by atoms with Crippen molar-refractivity contribution in [1.29, 1.82) is 0 Å². The van der Waals surface area contributed by atoms with Crippen LogP contribution >= 0.6 is 24.0 Å². The quantitative estimate of drug-likeness (QED) is 0.845. The molecule has 3 heteroatoms. The Labute approximate surface area is 97.1 Å². The van der Waals surface area contributed by atoms with Crippen LogP contribution in [-0.2, 0) is 0 Å². The third-order valence-corrected chi connectivity index (χ3v) is 2.87. The molecule has 0 saturated carbocycles. The van der Waals surface area contributed by atoms with Crippen LogP contribution in [0.2, 0.25) is 5.02 Å². The number of hydrogen-bond acceptors (Lipinski definition) is 1. The van der Waals surface area contributed by atoms with Gasteiger partial charge in [-0.2, -0.15) is 0 Å². The first-order chi connectivity index (χ1) is 6.16. The van der Waals surface area contributed by atoms with Crippen LogP contribution in [0.4, 0.5) is 0 Å². The van der Waals surface area contributed by atoms with Gasteiger partial charge in [-0.25, -0.2) is 0 Å². The maximum atomic E-state index is 6.07. The van der Waals surface area contributed by atoms with Gasteiger partial charge in [0.25, 0.3) is 0 Å². The van der Waals surface area contributed by atoms with Crippen molar-refractivity contribution >= 4 is 24.0 Å². The smallest absolute Gasteiger partial charge is 0.0453 e. The summed E-state index contributed by atoms with van der Waals surface area (Å²) in [5, 5.41) is 0.773. The lowest BCUT2D eigenvalue weighted by Gasteiger charge is -2.19. The topological polar surface area (TPSA) is 26.0 Å². The fourth-order valence-corrected chi connectivity index (χ4v) is 1.57. The van der Waals surface area contributed by atoms with Gasteiger partial charge in [-0.15, -0.1) is 12.4 Å². The van der Waals surface area contributed by atoms with Crippen molar-refractivity contribution in [3.05, 3.63) is 34.9 Å². The zero-order chi connectivity index (χ0) is 9.84. The molecule has 0 aliphatic rings. The summed E-state index contributed by atoms with van der Waals surface area (Å²) in [6.07, 6.45) is 1.08. The van der Waals surface area contributed by atoms with Crippen LogP contribution in [0.15, 0.2) is 24.3 Å². The SMILES string of the molecule is CCC(C)[C@@H](N)c1ccccc1Cl.Cl. The summed E-state index contributed by atoms with van der Waals surface area (Å²) in [6, 6.07) is 7.84. The van der Waals surface area contributed by atoms with Crippen molar-refractivity contribution in [3.8, 4) is 0 Å². The molecule has 0 aliphatic carbocycles. The van der Waals surface area contributed by atoms with Gasteiger partial charge < -0.3 is 5.73 Å². The average Bonchev–Trinajstić information content (AvgIpc) is 2.16. The minimum Gasteiger partial charge on any atom is -0.324 e. The number of hydrogen-bond donors (Lipinski definition) is 1. The van der Waals surface area contributed by atoms with Gasteiger partial charge in [-0.1, -0.05) is 50.1 Å². The molecule has 0 fully saturated rings. The van der Waals surface area contributed by atoms with Gasteiger partial charge >= 0.3 is 0 Å². The lowest BCUT2D eigenvalue weighted by Crippen LogP contribution is -2.18. The third-order valence-electron chi connectivity index (χ3n) is 2.52. The highest BCUT2D eigenvalue weighted by atomic mass is 35.5. The van der Waals surface area contributed by atoms with Crippen molar-refractivity contribution in [3.63, 3.8) is 0 Å². The standard InChI is InChI=1S/C11H16ClN.ClH/c1-3-8(2)11(13)9-6-4-5-7-10(9)12;/h4-8,11H,3,13H2,1-2H3;1H/t8?,11-;/m1./s1. The molecule has 1 aromatic carbocycles. The highest BCUT2D eigenvalue weighted by molar-refractivity contribution is 6.31. The maximum Gasteiger partial charge on any atom is 0.0453 e. The maximum absolute atomic E-state index is 6.07. The lowest BCUT2D eigenvalue weighted by atomic mass is 9.93. The summed E-state index contributed by atoms with van der Waals surface area (Å²) < 4.78 is 0. The zero-order valence-corrected chi connectivity index (χ0v) is 10.1. The van der Waals surface area contributed by atoms with Gasteiger partial charge in [-0.3, -0.25) is 0 Å². The van der Waals surface area contributed by atoms with E-state index in [0.29, 0.717) is 5.92 Å². The second kappa shape index (κ2) is 6.28. The molecule has 0 saturated heterocycles. The van der Waals surface area contributed by atoms with Gasteiger partial charge in [-0.05, 0) is 17.5 Å². The van der Waals surface area contributed by atoms with E-state index in [1.807, 2.05) is 24.3 Å². The van der Waals surface area contributed by atoms with Crippen LogP contribution < -0.4 is 5.73 Å². The Morgan fingerprint density at radius 2 is 1.93 bits per heavy atom. The van der Waals surface area contributed by atoms with Crippen LogP contribution in [0.3, 0.4) is 0 Å². The lowest BCUT2D eigenvalue weighted by molar-refractivity contribution is 0.457. The second-order valence-corrected chi connectivity index (χ2v) is 3.84. The molecule has 0 spiro atoms. The monoisotopic (exact) mass is 233 g/mol. The summed E-state index contributed by atoms with van der Waals surface area (Å²) in [4.78, 5) is 0. The largest absolute Gasteiger partial charge is 0.324 e. The Balaban J connectivity index is 0.00000169. The fourth-order valence-electron chi connectivity index (χ4n) is 1.31. The summed E-state index contributed by atoms with van der Waals surface area (Å²) in [7, 11) is 0. The van der Waals surface area contributed by atoms with Crippen LogP contribution in [0.5, 0.6) is 0 Å². The summed E-state index contributed by atoms with van der Waals surface area (Å²) in [5.74, 6) is 0.472. The second-order valence-electron chi connectivity index (χ2n) is 3.43. The molecule has 2 N–H and O–H groups in total. The predicted octanol–water partition coefficient (Wildman–Crippen LogP) is 3.81. The van der Waals surface area contributed by atoms with Gasteiger partial charge in [0.2, 0.25) is 0 Å². The van der Waals surface area contributed by atoms with E-state index in [0.717, 1.165) is 17.0 Å². The first-order valence-corrected chi connectivity index (χ1v) is 5.04. The van der Waals surface area contributed by atoms with Gasteiger partial charge in [0, 0.05) is 11.1 Å². The third kappa shape index (κ3) is 3.16. The Hall–Kier alpha value is -0.240. The normalized spacial score (nSPS) is 14.3. The van der Waals surface area contributed by atoms with E-state index in [1.54, 1.807) is 0 Å². The molecule has 0 aliphatic heterocycles. The van der Waals surface area contributed by atoms with Crippen molar-refractivity contribution in [2.75, 3.05) is 0 Å². The van der Waals surface area contributed by atoms with E-state index >= 15 is 0 Å². The van der Waals surface area contributed by atoms with E-state index in [9.17, 15) is 0 Å². The number of rotatable bonds is 3. The van der Waals surface area contributed by atoms with Crippen molar-refractivity contribution in [2.45, 2.75) is 26.3 Å². The van der Waals surface area contributed by atoms with Crippen LogP contribution in [0.25, 0.3) is 0 Å². The van der Waals surface area contributed by atoms with Gasteiger partial charge in [0.15, 0.2) is 0 Å². The van der Waals surface area contributed by atoms with E-state index in [2.05, 4.69) is 13.8 Å². The van der Waals surface area contributed by atoms with Crippen molar-refractivity contribution < 1.29 is 0 Å². The molecule has 0 bridgehead atoms. The molecule has 0 heterocycles. The zero-order valence-electron chi connectivity index (χ0n) is 8.53. The van der Waals surface area contributed by atoms with Crippen LogP contribution in [0.1, 0.15) is 31.9 Å². The van der Waals surface area contributed by atoms with E-state index < -0.39 is 0 Å². The van der Waals surface area contributed by atoms with E-state index in [-0.39, 0.29) is 18.4 Å². The molecule has 1 nitrogen and oxygen atoms in total. The molecule has 14 heavy (non-hydrogen) atoms. The number of nitrogens with two attached hydrogens (primary N) is 1. The Morgan fingerprint density at radius 1 is 1.36 bits per heavy atom. The number of halogens is 2. The Morgan fingerprint density at radius 3 is 2.43 bits per heavy atom. The minimum absolute atomic E-state index is 0. The van der Waals surface area contributed by atoms with Crippen molar-refractivity contribution in [1.82, 2.24) is 0 Å².